The minimum Gasteiger partial charge on any atom is -0.469 e. The highest BCUT2D eigenvalue weighted by atomic mass is 16.5. The fraction of sp³-hybridized carbons (Fsp3) is 0.167. The van der Waals surface area contributed by atoms with E-state index < -0.39 is 0 Å². The van der Waals surface area contributed by atoms with Crippen molar-refractivity contribution in [2.75, 3.05) is 13.2 Å². The number of aliphatic imine (C=N–C) groups is 2. The van der Waals surface area contributed by atoms with Gasteiger partial charge in [-0.1, -0.05) is 24.3 Å². The van der Waals surface area contributed by atoms with E-state index >= 15 is 0 Å². The fourth-order valence-corrected chi connectivity index (χ4v) is 1.29. The van der Waals surface area contributed by atoms with Crippen LogP contribution in [-0.2, 0) is 4.74 Å². The van der Waals surface area contributed by atoms with Crippen molar-refractivity contribution in [1.82, 2.24) is 0 Å². The number of benzene rings is 1. The predicted octanol–water partition coefficient (Wildman–Crippen LogP) is 2.05. The molecule has 0 spiro atoms. The van der Waals surface area contributed by atoms with Crippen molar-refractivity contribution in [1.29, 1.82) is 0 Å². The highest BCUT2D eigenvalue weighted by Gasteiger charge is 2.14. The summed E-state index contributed by atoms with van der Waals surface area (Å²) in [4.78, 5) is 8.50. The topological polar surface area (TPSA) is 34.0 Å². The molecule has 0 bridgehead atoms. The number of hydrogen-bond donors (Lipinski definition) is 0. The van der Waals surface area contributed by atoms with Crippen LogP contribution in [0.25, 0.3) is 0 Å². The van der Waals surface area contributed by atoms with E-state index in [0.717, 1.165) is 11.4 Å². The molecule has 1 heterocycles. The second kappa shape index (κ2) is 4.55. The molecule has 0 saturated heterocycles. The first-order chi connectivity index (χ1) is 7.40. The highest BCUT2D eigenvalue weighted by Crippen LogP contribution is 2.08. The second-order valence-electron chi connectivity index (χ2n) is 3.12. The van der Waals surface area contributed by atoms with E-state index in [1.165, 1.54) is 0 Å². The van der Waals surface area contributed by atoms with Crippen LogP contribution in [0, 0.1) is 0 Å². The van der Waals surface area contributed by atoms with Crippen molar-refractivity contribution in [3.05, 3.63) is 48.6 Å². The molecule has 15 heavy (non-hydrogen) atoms. The predicted molar refractivity (Wildman–Crippen MR) is 61.4 cm³/mol. The van der Waals surface area contributed by atoms with E-state index in [1.54, 1.807) is 6.08 Å². The zero-order valence-corrected chi connectivity index (χ0v) is 8.39. The van der Waals surface area contributed by atoms with Crippen LogP contribution in [0.2, 0.25) is 0 Å². The SMILES string of the molecule is C=CCN=C1COC(c2ccccc2)=N1. The van der Waals surface area contributed by atoms with Gasteiger partial charge in [-0.3, -0.25) is 4.99 Å². The molecule has 0 N–H and O–H groups in total. The highest BCUT2D eigenvalue weighted by molar-refractivity contribution is 6.07. The molecule has 2 rings (SSSR count). The lowest BCUT2D eigenvalue weighted by Crippen LogP contribution is -2.00. The number of nitrogens with zero attached hydrogens (tertiary/aromatic N) is 2. The summed E-state index contributed by atoms with van der Waals surface area (Å²) >= 11 is 0. The van der Waals surface area contributed by atoms with Gasteiger partial charge in [0.2, 0.25) is 5.90 Å². The zero-order chi connectivity index (χ0) is 10.5. The molecule has 0 aromatic heterocycles. The van der Waals surface area contributed by atoms with Crippen LogP contribution in [0.1, 0.15) is 5.56 Å². The third-order valence-corrected chi connectivity index (χ3v) is 1.99. The Morgan fingerprint density at radius 3 is 2.93 bits per heavy atom. The van der Waals surface area contributed by atoms with Crippen molar-refractivity contribution in [2.45, 2.75) is 0 Å². The molecule has 0 amide bonds. The molecule has 0 fully saturated rings. The number of ether oxygens (including phenoxy) is 1. The van der Waals surface area contributed by atoms with Gasteiger partial charge in [-0.05, 0) is 12.1 Å². The first kappa shape index (κ1) is 9.65. The van der Waals surface area contributed by atoms with Gasteiger partial charge in [0.1, 0.15) is 6.61 Å². The third-order valence-electron chi connectivity index (χ3n) is 1.99. The quantitative estimate of drug-likeness (QED) is 0.687. The number of amidine groups is 1. The maximum Gasteiger partial charge on any atom is 0.223 e. The average Bonchev–Trinajstić information content (AvgIpc) is 2.76. The summed E-state index contributed by atoms with van der Waals surface area (Å²) in [6, 6.07) is 9.82. The lowest BCUT2D eigenvalue weighted by Gasteiger charge is -1.98. The minimum absolute atomic E-state index is 0.456. The number of rotatable bonds is 3. The summed E-state index contributed by atoms with van der Waals surface area (Å²) in [6.45, 7) is 4.65. The molecule has 0 saturated carbocycles. The van der Waals surface area contributed by atoms with Gasteiger partial charge in [-0.25, -0.2) is 0 Å². The molecule has 0 radical (unpaired) electrons. The standard InChI is InChI=1S/C12H12N2O/c1-2-8-13-11-9-15-12(14-11)10-6-4-3-5-7-10/h2-7H,1,8-9H2. The smallest absolute Gasteiger partial charge is 0.223 e. The van der Waals surface area contributed by atoms with E-state index in [-0.39, 0.29) is 0 Å². The first-order valence-corrected chi connectivity index (χ1v) is 4.81. The minimum atomic E-state index is 0.456. The average molecular weight is 200 g/mol. The van der Waals surface area contributed by atoms with E-state index in [9.17, 15) is 0 Å². The molecule has 3 nitrogen and oxygen atoms in total. The van der Waals surface area contributed by atoms with Crippen LogP contribution >= 0.6 is 0 Å². The van der Waals surface area contributed by atoms with Crippen LogP contribution < -0.4 is 0 Å². The van der Waals surface area contributed by atoms with Gasteiger partial charge in [0.15, 0.2) is 5.84 Å². The summed E-state index contributed by atoms with van der Waals surface area (Å²) in [5, 5.41) is 0. The maximum absolute atomic E-state index is 5.43. The molecule has 3 heteroatoms. The Kier molecular flexibility index (Phi) is 2.93. The van der Waals surface area contributed by atoms with Crippen LogP contribution in [0.4, 0.5) is 0 Å². The molecule has 0 unspecified atom stereocenters. The molecule has 1 aromatic carbocycles. The largest absolute Gasteiger partial charge is 0.469 e. The fourth-order valence-electron chi connectivity index (χ4n) is 1.29. The summed E-state index contributed by atoms with van der Waals surface area (Å²) in [5.41, 5.74) is 0.987. The third kappa shape index (κ3) is 2.31. The van der Waals surface area contributed by atoms with E-state index in [0.29, 0.717) is 19.0 Å². The Hall–Kier alpha value is -1.90. The summed E-state index contributed by atoms with van der Waals surface area (Å²) in [5.74, 6) is 1.38. The van der Waals surface area contributed by atoms with E-state index in [1.807, 2.05) is 30.3 Å². The Balaban J connectivity index is 2.16. The Bertz CT molecular complexity index is 407. The van der Waals surface area contributed by atoms with E-state index in [2.05, 4.69) is 16.6 Å². The molecule has 1 aliphatic heterocycles. The number of hydrogen-bond acceptors (Lipinski definition) is 2. The molecule has 1 aliphatic rings. The molecule has 76 valence electrons. The summed E-state index contributed by atoms with van der Waals surface area (Å²) < 4.78 is 5.43. The Morgan fingerprint density at radius 2 is 2.20 bits per heavy atom. The van der Waals surface area contributed by atoms with Crippen LogP contribution in [-0.4, -0.2) is 24.9 Å². The van der Waals surface area contributed by atoms with Crippen molar-refractivity contribution >= 4 is 11.7 Å². The Morgan fingerprint density at radius 1 is 1.40 bits per heavy atom. The second-order valence-corrected chi connectivity index (χ2v) is 3.12. The van der Waals surface area contributed by atoms with Gasteiger partial charge in [-0.15, -0.1) is 6.58 Å². The van der Waals surface area contributed by atoms with Gasteiger partial charge < -0.3 is 4.74 Å². The molecular weight excluding hydrogens is 188 g/mol. The van der Waals surface area contributed by atoms with Crippen molar-refractivity contribution in [3.8, 4) is 0 Å². The molecular formula is C12H12N2O. The van der Waals surface area contributed by atoms with Crippen LogP contribution in [0.15, 0.2) is 53.0 Å². The first-order valence-electron chi connectivity index (χ1n) is 4.81. The monoisotopic (exact) mass is 200 g/mol. The summed E-state index contributed by atoms with van der Waals surface area (Å²) in [6.07, 6.45) is 1.74. The molecule has 0 aliphatic carbocycles. The molecule has 1 aromatic rings. The van der Waals surface area contributed by atoms with Gasteiger partial charge in [0.25, 0.3) is 0 Å². The van der Waals surface area contributed by atoms with Gasteiger partial charge in [-0.2, -0.15) is 4.99 Å². The van der Waals surface area contributed by atoms with Crippen LogP contribution in [0.3, 0.4) is 0 Å². The van der Waals surface area contributed by atoms with Crippen molar-refractivity contribution in [3.63, 3.8) is 0 Å². The van der Waals surface area contributed by atoms with Gasteiger partial charge in [0.05, 0.1) is 6.54 Å². The lowest BCUT2D eigenvalue weighted by atomic mass is 10.2. The zero-order valence-electron chi connectivity index (χ0n) is 8.39. The maximum atomic E-state index is 5.43. The Labute approximate surface area is 88.8 Å². The summed E-state index contributed by atoms with van der Waals surface area (Å²) in [7, 11) is 0. The van der Waals surface area contributed by atoms with Gasteiger partial charge in [0, 0.05) is 5.56 Å². The van der Waals surface area contributed by atoms with Crippen molar-refractivity contribution < 1.29 is 4.74 Å². The lowest BCUT2D eigenvalue weighted by molar-refractivity contribution is 0.381. The normalized spacial score (nSPS) is 17.3. The molecule has 0 atom stereocenters. The van der Waals surface area contributed by atoms with E-state index in [4.69, 9.17) is 4.74 Å². The van der Waals surface area contributed by atoms with Crippen molar-refractivity contribution in [2.24, 2.45) is 9.98 Å². The van der Waals surface area contributed by atoms with Crippen LogP contribution in [0.5, 0.6) is 0 Å². The van der Waals surface area contributed by atoms with Gasteiger partial charge >= 0.3 is 0 Å².